The molecule has 0 saturated heterocycles. The molecule has 1 aliphatic heterocycles. The lowest BCUT2D eigenvalue weighted by Crippen LogP contribution is -2.43. The minimum absolute atomic E-state index is 0.0507. The summed E-state index contributed by atoms with van der Waals surface area (Å²) in [5.41, 5.74) is 8.63. The van der Waals surface area contributed by atoms with Crippen LogP contribution in [0.15, 0.2) is 48.8 Å². The van der Waals surface area contributed by atoms with Crippen molar-refractivity contribution in [2.45, 2.75) is 32.9 Å². The van der Waals surface area contributed by atoms with Gasteiger partial charge in [-0.1, -0.05) is 0 Å². The van der Waals surface area contributed by atoms with E-state index in [1.165, 1.54) is 37.2 Å². The zero-order valence-electron chi connectivity index (χ0n) is 23.6. The van der Waals surface area contributed by atoms with Crippen LogP contribution in [0.2, 0.25) is 0 Å². The van der Waals surface area contributed by atoms with Gasteiger partial charge in [-0.25, -0.2) is 9.07 Å². The maximum absolute atomic E-state index is 14.7. The number of carbonyl (C=O) groups excluding carboxylic acids is 2. The van der Waals surface area contributed by atoms with Crippen LogP contribution in [0.5, 0.6) is 17.2 Å². The fourth-order valence-electron chi connectivity index (χ4n) is 4.61. The molecule has 0 atom stereocenters. The number of rotatable bonds is 6. The number of ether oxygens (including phenoxy) is 3. The highest BCUT2D eigenvalue weighted by molar-refractivity contribution is 5.98. The number of nitrogens with zero attached hydrogens (tertiary/aromatic N) is 4. The molecule has 5 rings (SSSR count). The van der Waals surface area contributed by atoms with Crippen LogP contribution in [0, 0.1) is 5.82 Å². The standard InChI is InChI=1S/C30H30FN5O5/c1-30(2,3)35(4)29(38)26-23-15-41-25-12-24(40-6)21(16-7-17(28(32)37)14-33-13-16)11-22(25)27(23)36(34-26)19-8-18(31)9-20(10-19)39-5/h7-14H,15H2,1-6H3,(H2,32,37). The Morgan fingerprint density at radius 3 is 2.46 bits per heavy atom. The van der Waals surface area contributed by atoms with Gasteiger partial charge in [0.2, 0.25) is 5.91 Å². The third kappa shape index (κ3) is 4.94. The number of amides is 2. The van der Waals surface area contributed by atoms with Crippen molar-refractivity contribution >= 4 is 11.8 Å². The van der Waals surface area contributed by atoms with E-state index >= 15 is 0 Å². The number of carbonyl (C=O) groups is 2. The molecule has 0 unspecified atom stereocenters. The Bertz CT molecular complexity index is 1690. The van der Waals surface area contributed by atoms with Crippen molar-refractivity contribution in [2.24, 2.45) is 5.73 Å². The van der Waals surface area contributed by atoms with Crippen LogP contribution in [0.3, 0.4) is 0 Å². The lowest BCUT2D eigenvalue weighted by molar-refractivity contribution is 0.0646. The molecule has 0 radical (unpaired) electrons. The summed E-state index contributed by atoms with van der Waals surface area (Å²) in [6.07, 6.45) is 2.97. The van der Waals surface area contributed by atoms with Gasteiger partial charge in [0.1, 0.15) is 29.7 Å². The van der Waals surface area contributed by atoms with Crippen LogP contribution < -0.4 is 19.9 Å². The lowest BCUT2D eigenvalue weighted by Gasteiger charge is -2.31. The quantitative estimate of drug-likeness (QED) is 0.366. The predicted octanol–water partition coefficient (Wildman–Crippen LogP) is 4.62. The Labute approximate surface area is 236 Å². The first kappa shape index (κ1) is 27.6. The molecule has 2 amide bonds. The highest BCUT2D eigenvalue weighted by atomic mass is 19.1. The van der Waals surface area contributed by atoms with Gasteiger partial charge in [0.15, 0.2) is 5.69 Å². The number of fused-ring (bicyclic) bond motifs is 3. The highest BCUT2D eigenvalue weighted by Crippen LogP contribution is 2.46. The Kier molecular flexibility index (Phi) is 6.90. The second-order valence-corrected chi connectivity index (χ2v) is 10.6. The van der Waals surface area contributed by atoms with Crippen molar-refractivity contribution in [1.82, 2.24) is 19.7 Å². The molecule has 0 saturated carbocycles. The summed E-state index contributed by atoms with van der Waals surface area (Å²) in [4.78, 5) is 31.3. The van der Waals surface area contributed by atoms with E-state index in [0.29, 0.717) is 50.9 Å². The third-order valence-corrected chi connectivity index (χ3v) is 7.10. The summed E-state index contributed by atoms with van der Waals surface area (Å²) < 4.78 is 33.3. The fourth-order valence-corrected chi connectivity index (χ4v) is 4.61. The average Bonchev–Trinajstić information content (AvgIpc) is 3.35. The monoisotopic (exact) mass is 559 g/mol. The second-order valence-electron chi connectivity index (χ2n) is 10.6. The molecule has 2 N–H and O–H groups in total. The summed E-state index contributed by atoms with van der Waals surface area (Å²) in [5, 5.41) is 4.71. The van der Waals surface area contributed by atoms with Gasteiger partial charge >= 0.3 is 0 Å². The van der Waals surface area contributed by atoms with Gasteiger partial charge in [0.25, 0.3) is 5.91 Å². The van der Waals surface area contributed by atoms with Gasteiger partial charge in [-0.15, -0.1) is 0 Å². The second kappa shape index (κ2) is 10.2. The molecule has 11 heteroatoms. The van der Waals surface area contributed by atoms with Gasteiger partial charge in [0.05, 0.1) is 31.2 Å². The first-order chi connectivity index (χ1) is 19.4. The largest absolute Gasteiger partial charge is 0.497 e. The molecule has 2 aromatic heterocycles. The molecule has 212 valence electrons. The van der Waals surface area contributed by atoms with E-state index in [4.69, 9.17) is 25.0 Å². The van der Waals surface area contributed by atoms with Crippen LogP contribution >= 0.6 is 0 Å². The van der Waals surface area contributed by atoms with Crippen molar-refractivity contribution in [3.8, 4) is 45.3 Å². The number of benzene rings is 2. The number of nitrogens with two attached hydrogens (primary N) is 1. The highest BCUT2D eigenvalue weighted by Gasteiger charge is 2.35. The van der Waals surface area contributed by atoms with Crippen molar-refractivity contribution in [3.63, 3.8) is 0 Å². The summed E-state index contributed by atoms with van der Waals surface area (Å²) in [6, 6.07) is 9.36. The van der Waals surface area contributed by atoms with Gasteiger partial charge in [-0.05, 0) is 39.0 Å². The Morgan fingerprint density at radius 1 is 1.05 bits per heavy atom. The summed E-state index contributed by atoms with van der Waals surface area (Å²) in [7, 11) is 4.67. The minimum atomic E-state index is -0.619. The molecule has 3 heterocycles. The van der Waals surface area contributed by atoms with E-state index in [0.717, 1.165) is 0 Å². The van der Waals surface area contributed by atoms with E-state index < -0.39 is 17.3 Å². The van der Waals surface area contributed by atoms with E-state index in [2.05, 4.69) is 4.98 Å². The Hall–Kier alpha value is -4.93. The van der Waals surface area contributed by atoms with Crippen molar-refractivity contribution < 1.29 is 28.2 Å². The molecule has 0 spiro atoms. The third-order valence-electron chi connectivity index (χ3n) is 7.10. The zero-order chi connectivity index (χ0) is 29.6. The van der Waals surface area contributed by atoms with Crippen LogP contribution in [0.4, 0.5) is 4.39 Å². The Balaban J connectivity index is 1.80. The minimum Gasteiger partial charge on any atom is -0.497 e. The zero-order valence-corrected chi connectivity index (χ0v) is 23.6. The number of aromatic nitrogens is 3. The van der Waals surface area contributed by atoms with Crippen molar-refractivity contribution in [3.05, 3.63) is 71.4 Å². The van der Waals surface area contributed by atoms with Gasteiger partial charge < -0.3 is 24.8 Å². The fraction of sp³-hybridized carbons (Fsp3) is 0.267. The SMILES string of the molecule is COc1cc(F)cc(-n2nc(C(=O)N(C)C(C)(C)C)c3c2-c2cc(-c4cncc(C(N)=O)c4)c(OC)cc2OC3)c1. The number of halogens is 1. The van der Waals surface area contributed by atoms with Crippen LogP contribution in [-0.4, -0.2) is 58.3 Å². The number of primary amides is 1. The van der Waals surface area contributed by atoms with Crippen LogP contribution in [0.25, 0.3) is 28.1 Å². The molecule has 1 aliphatic rings. The Morgan fingerprint density at radius 2 is 1.80 bits per heavy atom. The molecular weight excluding hydrogens is 529 g/mol. The molecule has 0 bridgehead atoms. The van der Waals surface area contributed by atoms with E-state index in [1.54, 1.807) is 36.3 Å². The van der Waals surface area contributed by atoms with Crippen molar-refractivity contribution in [1.29, 1.82) is 0 Å². The van der Waals surface area contributed by atoms with E-state index in [9.17, 15) is 14.0 Å². The number of hydrogen-bond donors (Lipinski definition) is 1. The molecule has 0 fully saturated rings. The van der Waals surface area contributed by atoms with E-state index in [1.807, 2.05) is 26.8 Å². The summed E-state index contributed by atoms with van der Waals surface area (Å²) in [5.74, 6) is -0.217. The number of pyridine rings is 1. The van der Waals surface area contributed by atoms with Gasteiger partial charge in [-0.2, -0.15) is 5.10 Å². The summed E-state index contributed by atoms with van der Waals surface area (Å²) >= 11 is 0. The van der Waals surface area contributed by atoms with E-state index in [-0.39, 0.29) is 23.8 Å². The topological polar surface area (TPSA) is 122 Å². The van der Waals surface area contributed by atoms with Crippen molar-refractivity contribution in [2.75, 3.05) is 21.3 Å². The number of methoxy groups -OCH3 is 2. The number of hydrogen-bond acceptors (Lipinski definition) is 7. The predicted molar refractivity (Wildman–Crippen MR) is 150 cm³/mol. The molecular formula is C30H30FN5O5. The molecule has 10 nitrogen and oxygen atoms in total. The molecule has 2 aromatic carbocycles. The first-order valence-corrected chi connectivity index (χ1v) is 12.8. The normalized spacial score (nSPS) is 12.2. The molecule has 4 aromatic rings. The van der Waals surface area contributed by atoms with Gasteiger partial charge in [-0.3, -0.25) is 14.6 Å². The molecule has 41 heavy (non-hydrogen) atoms. The smallest absolute Gasteiger partial charge is 0.274 e. The maximum Gasteiger partial charge on any atom is 0.274 e. The molecule has 0 aliphatic carbocycles. The van der Waals surface area contributed by atoms with Crippen LogP contribution in [0.1, 0.15) is 47.2 Å². The lowest BCUT2D eigenvalue weighted by atomic mass is 9.95. The average molecular weight is 560 g/mol. The maximum atomic E-state index is 14.7. The van der Waals surface area contributed by atoms with Crippen LogP contribution in [-0.2, 0) is 6.61 Å². The summed E-state index contributed by atoms with van der Waals surface area (Å²) in [6.45, 7) is 5.81. The first-order valence-electron chi connectivity index (χ1n) is 12.8. The van der Waals surface area contributed by atoms with Gasteiger partial charge in [0, 0.05) is 65.4 Å².